The lowest BCUT2D eigenvalue weighted by Crippen LogP contribution is -2.19. The fourth-order valence-electron chi connectivity index (χ4n) is 1.37. The third kappa shape index (κ3) is 4.42. The molecule has 1 atom stereocenters. The molecule has 0 saturated carbocycles. The van der Waals surface area contributed by atoms with Gasteiger partial charge in [0.05, 0.1) is 5.56 Å². The van der Waals surface area contributed by atoms with Gasteiger partial charge in [-0.15, -0.1) is 11.6 Å². The molecule has 6 heteroatoms. The number of halogens is 4. The van der Waals surface area contributed by atoms with Crippen molar-refractivity contribution < 1.29 is 13.2 Å². The largest absolute Gasteiger partial charge is 0.417 e. The van der Waals surface area contributed by atoms with Crippen molar-refractivity contribution >= 4 is 17.4 Å². The van der Waals surface area contributed by atoms with E-state index < -0.39 is 11.7 Å². The number of hydrogen-bond donors (Lipinski definition) is 1. The second-order valence-corrected chi connectivity index (χ2v) is 4.04. The molecule has 0 spiro atoms. The number of pyridine rings is 1. The van der Waals surface area contributed by atoms with E-state index in [4.69, 9.17) is 11.6 Å². The van der Waals surface area contributed by atoms with Gasteiger partial charge in [-0.05, 0) is 25.0 Å². The van der Waals surface area contributed by atoms with E-state index in [2.05, 4.69) is 10.3 Å². The van der Waals surface area contributed by atoms with E-state index in [-0.39, 0.29) is 6.04 Å². The van der Waals surface area contributed by atoms with Crippen LogP contribution in [0.3, 0.4) is 0 Å². The third-order valence-electron chi connectivity index (χ3n) is 2.39. The van der Waals surface area contributed by atoms with Gasteiger partial charge in [0.15, 0.2) is 0 Å². The standard InChI is InChI=1S/C11H14ClF3N2/c1-2-9(5-6-12)17-10-4-3-8(7-16-10)11(13,14)15/h3-4,7,9H,2,5-6H2,1H3,(H,16,17). The summed E-state index contributed by atoms with van der Waals surface area (Å²) in [7, 11) is 0. The molecule has 0 bridgehead atoms. The summed E-state index contributed by atoms with van der Waals surface area (Å²) in [5.74, 6) is 0.946. The van der Waals surface area contributed by atoms with E-state index in [9.17, 15) is 13.2 Å². The summed E-state index contributed by atoms with van der Waals surface area (Å²) in [5, 5.41) is 3.05. The van der Waals surface area contributed by atoms with E-state index in [1.54, 1.807) is 0 Å². The predicted octanol–water partition coefficient (Wildman–Crippen LogP) is 3.92. The van der Waals surface area contributed by atoms with Crippen LogP contribution >= 0.6 is 11.6 Å². The summed E-state index contributed by atoms with van der Waals surface area (Å²) in [6, 6.07) is 2.49. The molecule has 0 aliphatic carbocycles. The maximum Gasteiger partial charge on any atom is 0.417 e. The minimum Gasteiger partial charge on any atom is -0.367 e. The molecule has 0 radical (unpaired) electrons. The molecule has 0 aliphatic heterocycles. The van der Waals surface area contributed by atoms with Gasteiger partial charge in [-0.2, -0.15) is 13.2 Å². The van der Waals surface area contributed by atoms with Gasteiger partial charge in [0.1, 0.15) is 5.82 Å². The van der Waals surface area contributed by atoms with Crippen LogP contribution in [0.25, 0.3) is 0 Å². The molecule has 1 rings (SSSR count). The summed E-state index contributed by atoms with van der Waals surface area (Å²) in [4.78, 5) is 3.74. The highest BCUT2D eigenvalue weighted by atomic mass is 35.5. The molecule has 1 unspecified atom stereocenters. The van der Waals surface area contributed by atoms with Crippen molar-refractivity contribution in [1.82, 2.24) is 4.98 Å². The average Bonchev–Trinajstić information content (AvgIpc) is 2.28. The quantitative estimate of drug-likeness (QED) is 0.817. The summed E-state index contributed by atoms with van der Waals surface area (Å²) < 4.78 is 36.9. The molecular formula is C11H14ClF3N2. The Hall–Kier alpha value is -0.970. The molecule has 1 heterocycles. The van der Waals surface area contributed by atoms with Crippen LogP contribution in [0.2, 0.25) is 0 Å². The number of alkyl halides is 4. The molecule has 2 nitrogen and oxygen atoms in total. The lowest BCUT2D eigenvalue weighted by molar-refractivity contribution is -0.137. The first-order valence-electron chi connectivity index (χ1n) is 5.33. The Balaban J connectivity index is 2.68. The smallest absolute Gasteiger partial charge is 0.367 e. The van der Waals surface area contributed by atoms with E-state index in [0.29, 0.717) is 11.7 Å². The Labute approximate surface area is 103 Å². The number of anilines is 1. The van der Waals surface area contributed by atoms with Crippen LogP contribution in [0.1, 0.15) is 25.3 Å². The summed E-state index contributed by atoms with van der Waals surface area (Å²) in [5.41, 5.74) is -0.742. The second kappa shape index (κ2) is 6.10. The van der Waals surface area contributed by atoms with Crippen molar-refractivity contribution in [3.8, 4) is 0 Å². The Kier molecular flexibility index (Phi) is 5.05. The molecule has 17 heavy (non-hydrogen) atoms. The number of hydrogen-bond acceptors (Lipinski definition) is 2. The lowest BCUT2D eigenvalue weighted by Gasteiger charge is -2.16. The fourth-order valence-corrected chi connectivity index (χ4v) is 1.63. The molecule has 0 aromatic carbocycles. The van der Waals surface area contributed by atoms with Gasteiger partial charge in [0.25, 0.3) is 0 Å². The number of nitrogens with zero attached hydrogens (tertiary/aromatic N) is 1. The molecule has 1 aromatic heterocycles. The minimum absolute atomic E-state index is 0.136. The van der Waals surface area contributed by atoms with Gasteiger partial charge in [0.2, 0.25) is 0 Å². The molecule has 1 aromatic rings. The molecule has 0 aliphatic rings. The third-order valence-corrected chi connectivity index (χ3v) is 2.61. The number of nitrogens with one attached hydrogen (secondary N) is 1. The van der Waals surface area contributed by atoms with E-state index in [1.807, 2.05) is 6.92 Å². The molecule has 1 N–H and O–H groups in total. The monoisotopic (exact) mass is 266 g/mol. The SMILES string of the molecule is CCC(CCCl)Nc1ccc(C(F)(F)F)cn1. The minimum atomic E-state index is -4.34. The highest BCUT2D eigenvalue weighted by molar-refractivity contribution is 6.17. The maximum atomic E-state index is 12.3. The van der Waals surface area contributed by atoms with Crippen molar-refractivity contribution in [1.29, 1.82) is 0 Å². The topological polar surface area (TPSA) is 24.9 Å². The molecule has 0 amide bonds. The lowest BCUT2D eigenvalue weighted by atomic mass is 10.1. The van der Waals surface area contributed by atoms with Crippen LogP contribution in [-0.4, -0.2) is 16.9 Å². The zero-order valence-electron chi connectivity index (χ0n) is 9.39. The van der Waals surface area contributed by atoms with Crippen LogP contribution in [0.5, 0.6) is 0 Å². The van der Waals surface area contributed by atoms with Crippen molar-refractivity contribution in [2.75, 3.05) is 11.2 Å². The van der Waals surface area contributed by atoms with E-state index >= 15 is 0 Å². The van der Waals surface area contributed by atoms with Crippen molar-refractivity contribution in [3.05, 3.63) is 23.9 Å². The highest BCUT2D eigenvalue weighted by Crippen LogP contribution is 2.28. The van der Waals surface area contributed by atoms with Crippen LogP contribution < -0.4 is 5.32 Å². The van der Waals surface area contributed by atoms with Gasteiger partial charge in [0, 0.05) is 18.1 Å². The zero-order valence-corrected chi connectivity index (χ0v) is 10.1. The van der Waals surface area contributed by atoms with E-state index in [1.165, 1.54) is 6.07 Å². The Bertz CT molecular complexity index is 338. The van der Waals surface area contributed by atoms with E-state index in [0.717, 1.165) is 25.1 Å². The van der Waals surface area contributed by atoms with Crippen molar-refractivity contribution in [2.24, 2.45) is 0 Å². The predicted molar refractivity (Wildman–Crippen MR) is 62.3 cm³/mol. The van der Waals surface area contributed by atoms with Gasteiger partial charge < -0.3 is 5.32 Å². The van der Waals surface area contributed by atoms with Crippen molar-refractivity contribution in [3.63, 3.8) is 0 Å². The molecule has 96 valence electrons. The first-order chi connectivity index (χ1) is 7.97. The molecular weight excluding hydrogens is 253 g/mol. The average molecular weight is 267 g/mol. The molecule has 0 fully saturated rings. The summed E-state index contributed by atoms with van der Waals surface area (Å²) in [6.07, 6.45) is -1.92. The Morgan fingerprint density at radius 2 is 2.12 bits per heavy atom. The normalized spacial score (nSPS) is 13.5. The second-order valence-electron chi connectivity index (χ2n) is 3.66. The van der Waals surface area contributed by atoms with Gasteiger partial charge in [-0.3, -0.25) is 0 Å². The summed E-state index contributed by atoms with van der Waals surface area (Å²) in [6.45, 7) is 1.98. The van der Waals surface area contributed by atoms with Gasteiger partial charge >= 0.3 is 6.18 Å². The first-order valence-corrected chi connectivity index (χ1v) is 5.86. The zero-order chi connectivity index (χ0) is 12.9. The van der Waals surface area contributed by atoms with Crippen LogP contribution in [0.4, 0.5) is 19.0 Å². The highest BCUT2D eigenvalue weighted by Gasteiger charge is 2.30. The van der Waals surface area contributed by atoms with Gasteiger partial charge in [-0.1, -0.05) is 6.92 Å². The Morgan fingerprint density at radius 1 is 1.41 bits per heavy atom. The van der Waals surface area contributed by atoms with Gasteiger partial charge in [-0.25, -0.2) is 4.98 Å². The maximum absolute atomic E-state index is 12.3. The van der Waals surface area contributed by atoms with Crippen molar-refractivity contribution in [2.45, 2.75) is 32.0 Å². The van der Waals surface area contributed by atoms with Crippen LogP contribution in [0.15, 0.2) is 18.3 Å². The van der Waals surface area contributed by atoms with Crippen LogP contribution in [-0.2, 0) is 6.18 Å². The number of aromatic nitrogens is 1. The molecule has 0 saturated heterocycles. The van der Waals surface area contributed by atoms with Crippen LogP contribution in [0, 0.1) is 0 Å². The Morgan fingerprint density at radius 3 is 2.53 bits per heavy atom. The first kappa shape index (κ1) is 14.1. The fraction of sp³-hybridized carbons (Fsp3) is 0.545. The summed E-state index contributed by atoms with van der Waals surface area (Å²) >= 11 is 5.62. The number of rotatable bonds is 5.